The summed E-state index contributed by atoms with van der Waals surface area (Å²) in [4.78, 5) is 17.0. The zero-order chi connectivity index (χ0) is 20.1. The second-order valence-electron chi connectivity index (χ2n) is 5.66. The molecule has 0 aliphatic heterocycles. The lowest BCUT2D eigenvalue weighted by molar-refractivity contribution is 0.102. The van der Waals surface area contributed by atoms with E-state index >= 15 is 0 Å². The number of aromatic nitrogens is 1. The van der Waals surface area contributed by atoms with Gasteiger partial charge in [0.2, 0.25) is 0 Å². The average Bonchev–Trinajstić information content (AvgIpc) is 3.23. The van der Waals surface area contributed by atoms with Crippen LogP contribution in [0.15, 0.2) is 41.8 Å². The number of hydrogen-bond donors (Lipinski definition) is 1. The monoisotopic (exact) mass is 400 g/mol. The molecule has 1 aromatic heterocycles. The summed E-state index contributed by atoms with van der Waals surface area (Å²) in [6.07, 6.45) is 0. The van der Waals surface area contributed by atoms with E-state index in [2.05, 4.69) is 10.3 Å². The summed E-state index contributed by atoms with van der Waals surface area (Å²) >= 11 is 1.37. The maximum Gasteiger partial charge on any atom is 0.275 e. The average molecular weight is 400 g/mol. The van der Waals surface area contributed by atoms with Crippen molar-refractivity contribution in [1.82, 2.24) is 4.98 Å². The molecule has 146 valence electrons. The molecule has 1 amide bonds. The normalized spacial score (nSPS) is 10.3. The first-order chi connectivity index (χ1) is 13.6. The van der Waals surface area contributed by atoms with Crippen LogP contribution in [0.5, 0.6) is 23.0 Å². The predicted molar refractivity (Wildman–Crippen MR) is 108 cm³/mol. The minimum atomic E-state index is -0.321. The van der Waals surface area contributed by atoms with Gasteiger partial charge in [0.15, 0.2) is 11.5 Å². The highest BCUT2D eigenvalue weighted by atomic mass is 32.1. The third-order valence-corrected chi connectivity index (χ3v) is 4.87. The second kappa shape index (κ2) is 8.62. The van der Waals surface area contributed by atoms with Gasteiger partial charge in [-0.1, -0.05) is 0 Å². The van der Waals surface area contributed by atoms with Crippen molar-refractivity contribution in [2.24, 2.45) is 0 Å². The van der Waals surface area contributed by atoms with Gasteiger partial charge in [-0.2, -0.15) is 0 Å². The van der Waals surface area contributed by atoms with Crippen molar-refractivity contribution in [1.29, 1.82) is 0 Å². The molecule has 0 saturated carbocycles. The van der Waals surface area contributed by atoms with Gasteiger partial charge in [-0.05, 0) is 18.2 Å². The number of anilines is 1. The van der Waals surface area contributed by atoms with Gasteiger partial charge >= 0.3 is 0 Å². The largest absolute Gasteiger partial charge is 0.497 e. The van der Waals surface area contributed by atoms with Crippen LogP contribution >= 0.6 is 11.3 Å². The highest BCUT2D eigenvalue weighted by molar-refractivity contribution is 7.13. The van der Waals surface area contributed by atoms with E-state index in [1.165, 1.54) is 11.3 Å². The summed E-state index contributed by atoms with van der Waals surface area (Å²) in [5.74, 6) is 2.08. The molecule has 0 unspecified atom stereocenters. The van der Waals surface area contributed by atoms with E-state index in [0.29, 0.717) is 39.4 Å². The van der Waals surface area contributed by atoms with E-state index in [-0.39, 0.29) is 5.91 Å². The van der Waals surface area contributed by atoms with Crippen molar-refractivity contribution in [2.75, 3.05) is 33.8 Å². The fraction of sp³-hybridized carbons (Fsp3) is 0.200. The molecule has 0 atom stereocenters. The summed E-state index contributed by atoms with van der Waals surface area (Å²) < 4.78 is 21.0. The first-order valence-electron chi connectivity index (χ1n) is 8.30. The molecule has 0 aliphatic carbocycles. The lowest BCUT2D eigenvalue weighted by Crippen LogP contribution is -2.12. The van der Waals surface area contributed by atoms with E-state index in [1.54, 1.807) is 58.1 Å². The number of amides is 1. The van der Waals surface area contributed by atoms with Gasteiger partial charge in [-0.15, -0.1) is 11.3 Å². The van der Waals surface area contributed by atoms with Gasteiger partial charge in [0.1, 0.15) is 22.2 Å². The van der Waals surface area contributed by atoms with E-state index in [9.17, 15) is 4.79 Å². The molecular formula is C20H20N2O5S. The number of carbonyl (C=O) groups excluding carboxylic acids is 1. The van der Waals surface area contributed by atoms with Crippen LogP contribution in [0.1, 0.15) is 10.5 Å². The molecule has 1 heterocycles. The van der Waals surface area contributed by atoms with Crippen molar-refractivity contribution in [3.05, 3.63) is 47.5 Å². The lowest BCUT2D eigenvalue weighted by Gasteiger charge is -2.09. The molecule has 3 rings (SSSR count). The fourth-order valence-corrected chi connectivity index (χ4v) is 3.35. The lowest BCUT2D eigenvalue weighted by atomic mass is 10.2. The Morgan fingerprint density at radius 1 is 0.893 bits per heavy atom. The Kier molecular flexibility index (Phi) is 6.00. The van der Waals surface area contributed by atoms with Crippen LogP contribution in [-0.4, -0.2) is 39.3 Å². The highest BCUT2D eigenvalue weighted by Gasteiger charge is 2.15. The Labute approximate surface area is 166 Å². The summed E-state index contributed by atoms with van der Waals surface area (Å²) in [7, 11) is 6.26. The first kappa shape index (κ1) is 19.5. The SMILES string of the molecule is COc1cc(NC(=O)c2csc(-c3ccc(OC)c(OC)c3)n2)cc(OC)c1. The van der Waals surface area contributed by atoms with Gasteiger partial charge in [0.05, 0.1) is 28.4 Å². The summed E-state index contributed by atoms with van der Waals surface area (Å²) in [5, 5.41) is 5.22. The van der Waals surface area contributed by atoms with Gasteiger partial charge < -0.3 is 24.3 Å². The van der Waals surface area contributed by atoms with E-state index < -0.39 is 0 Å². The van der Waals surface area contributed by atoms with Gasteiger partial charge in [-0.3, -0.25) is 4.79 Å². The van der Waals surface area contributed by atoms with Crippen LogP contribution in [0.25, 0.3) is 10.6 Å². The molecule has 0 aliphatic rings. The van der Waals surface area contributed by atoms with Gasteiger partial charge in [-0.25, -0.2) is 4.98 Å². The molecule has 3 aromatic rings. The van der Waals surface area contributed by atoms with E-state index in [0.717, 1.165) is 5.56 Å². The van der Waals surface area contributed by atoms with Crippen LogP contribution in [-0.2, 0) is 0 Å². The van der Waals surface area contributed by atoms with Crippen LogP contribution in [0.3, 0.4) is 0 Å². The molecular weight excluding hydrogens is 380 g/mol. The molecule has 0 radical (unpaired) electrons. The Bertz CT molecular complexity index is 964. The molecule has 2 aromatic carbocycles. The third kappa shape index (κ3) is 4.17. The molecule has 7 nitrogen and oxygen atoms in total. The molecule has 28 heavy (non-hydrogen) atoms. The van der Waals surface area contributed by atoms with Crippen molar-refractivity contribution >= 4 is 22.9 Å². The smallest absolute Gasteiger partial charge is 0.275 e. The number of carbonyl (C=O) groups is 1. The molecule has 0 spiro atoms. The van der Waals surface area contributed by atoms with Gasteiger partial charge in [0, 0.05) is 34.8 Å². The number of nitrogens with one attached hydrogen (secondary N) is 1. The Balaban J connectivity index is 1.81. The van der Waals surface area contributed by atoms with Crippen LogP contribution in [0.2, 0.25) is 0 Å². The zero-order valence-electron chi connectivity index (χ0n) is 15.9. The number of benzene rings is 2. The van der Waals surface area contributed by atoms with Crippen molar-refractivity contribution in [3.63, 3.8) is 0 Å². The topological polar surface area (TPSA) is 78.9 Å². The van der Waals surface area contributed by atoms with Crippen LogP contribution < -0.4 is 24.3 Å². The van der Waals surface area contributed by atoms with Crippen molar-refractivity contribution < 1.29 is 23.7 Å². The molecule has 0 saturated heterocycles. The number of ether oxygens (including phenoxy) is 4. The van der Waals surface area contributed by atoms with Crippen molar-refractivity contribution in [3.8, 4) is 33.6 Å². The second-order valence-corrected chi connectivity index (χ2v) is 6.52. The quantitative estimate of drug-likeness (QED) is 0.643. The highest BCUT2D eigenvalue weighted by Crippen LogP contribution is 2.33. The number of hydrogen-bond acceptors (Lipinski definition) is 7. The fourth-order valence-electron chi connectivity index (χ4n) is 2.55. The first-order valence-corrected chi connectivity index (χ1v) is 9.18. The third-order valence-electron chi connectivity index (χ3n) is 3.98. The van der Waals surface area contributed by atoms with E-state index in [4.69, 9.17) is 18.9 Å². The summed E-state index contributed by atoms with van der Waals surface area (Å²) in [6, 6.07) is 10.6. The summed E-state index contributed by atoms with van der Waals surface area (Å²) in [5.41, 5.74) is 1.71. The Morgan fingerprint density at radius 3 is 2.18 bits per heavy atom. The molecule has 0 fully saturated rings. The Hall–Kier alpha value is -3.26. The minimum Gasteiger partial charge on any atom is -0.497 e. The number of rotatable bonds is 7. The maximum atomic E-state index is 12.6. The molecule has 8 heteroatoms. The number of thiazole rings is 1. The van der Waals surface area contributed by atoms with E-state index in [1.807, 2.05) is 12.1 Å². The summed E-state index contributed by atoms with van der Waals surface area (Å²) in [6.45, 7) is 0. The zero-order valence-corrected chi connectivity index (χ0v) is 16.8. The van der Waals surface area contributed by atoms with Crippen molar-refractivity contribution in [2.45, 2.75) is 0 Å². The number of methoxy groups -OCH3 is 4. The van der Waals surface area contributed by atoms with Crippen LogP contribution in [0, 0.1) is 0 Å². The maximum absolute atomic E-state index is 12.6. The number of nitrogens with zero attached hydrogens (tertiary/aromatic N) is 1. The van der Waals surface area contributed by atoms with Crippen LogP contribution in [0.4, 0.5) is 5.69 Å². The minimum absolute atomic E-state index is 0.316. The standard InChI is InChI=1S/C20H20N2O5S/c1-24-14-8-13(9-15(10-14)25-2)21-19(23)16-11-28-20(22-16)12-5-6-17(26-3)18(7-12)27-4/h5-11H,1-4H3,(H,21,23). The van der Waals surface area contributed by atoms with Gasteiger partial charge in [0.25, 0.3) is 5.91 Å². The Morgan fingerprint density at radius 2 is 1.57 bits per heavy atom. The molecule has 0 bridgehead atoms. The predicted octanol–water partition coefficient (Wildman–Crippen LogP) is 4.10. The molecule has 1 N–H and O–H groups in total.